The third-order valence-corrected chi connectivity index (χ3v) is 8.51. The predicted octanol–water partition coefficient (Wildman–Crippen LogP) is 5.73. The predicted molar refractivity (Wildman–Crippen MR) is 167 cm³/mol. The van der Waals surface area contributed by atoms with Crippen molar-refractivity contribution in [2.45, 2.75) is 46.2 Å². The summed E-state index contributed by atoms with van der Waals surface area (Å²) in [6.07, 6.45) is 2.06. The molecule has 0 saturated heterocycles. The van der Waals surface area contributed by atoms with E-state index in [1.807, 2.05) is 63.2 Å². The van der Waals surface area contributed by atoms with E-state index in [0.29, 0.717) is 27.8 Å². The third-order valence-electron chi connectivity index (χ3n) is 6.66. The molecule has 1 N–H and O–H groups in total. The Morgan fingerprint density at radius 1 is 0.878 bits per heavy atom. The minimum atomic E-state index is -3.85. The van der Waals surface area contributed by atoms with Gasteiger partial charge in [0.05, 0.1) is 11.9 Å². The molecule has 3 aromatic carbocycles. The van der Waals surface area contributed by atoms with Gasteiger partial charge in [0, 0.05) is 35.1 Å². The molecule has 0 aliphatic heterocycles. The number of hydrogen-bond acceptors (Lipinski definition) is 4. The quantitative estimate of drug-likeness (QED) is 0.265. The Balaban J connectivity index is 2.08. The highest BCUT2D eigenvalue weighted by Gasteiger charge is 2.33. The molecule has 1 unspecified atom stereocenters. The van der Waals surface area contributed by atoms with Gasteiger partial charge < -0.3 is 10.2 Å². The lowest BCUT2D eigenvalue weighted by molar-refractivity contribution is -0.140. The number of aryl methyl sites for hydroxylation is 1. The van der Waals surface area contributed by atoms with E-state index in [9.17, 15) is 18.0 Å². The molecule has 41 heavy (non-hydrogen) atoms. The summed E-state index contributed by atoms with van der Waals surface area (Å²) in [5.41, 5.74) is 2.71. The number of nitrogens with zero attached hydrogens (tertiary/aromatic N) is 2. The Labute approximate surface area is 253 Å². The van der Waals surface area contributed by atoms with Gasteiger partial charge in [0.2, 0.25) is 21.8 Å². The van der Waals surface area contributed by atoms with Crippen molar-refractivity contribution in [3.8, 4) is 0 Å². The van der Waals surface area contributed by atoms with Crippen LogP contribution in [-0.2, 0) is 39.0 Å². The van der Waals surface area contributed by atoms with Gasteiger partial charge in [0.1, 0.15) is 12.6 Å². The van der Waals surface area contributed by atoms with Crippen molar-refractivity contribution >= 4 is 50.7 Å². The van der Waals surface area contributed by atoms with Gasteiger partial charge >= 0.3 is 0 Å². The van der Waals surface area contributed by atoms with E-state index in [1.165, 1.54) is 4.90 Å². The number of carbonyl (C=O) groups is 2. The molecule has 220 valence electrons. The molecule has 0 aliphatic carbocycles. The number of hydrogen-bond donors (Lipinski definition) is 1. The van der Waals surface area contributed by atoms with Gasteiger partial charge in [-0.3, -0.25) is 13.9 Å². The Bertz CT molecular complexity index is 1410. The number of rotatable bonds is 13. The SMILES string of the molecule is CCc1ccc(N(CC(=O)N(Cc2c(Cl)cccc2Cl)C(Cc2ccccc2)C(=O)NCC(C)C)S(C)(=O)=O)cc1. The molecular weight excluding hydrogens is 581 g/mol. The summed E-state index contributed by atoms with van der Waals surface area (Å²) in [5, 5.41) is 3.63. The molecule has 3 rings (SSSR count). The van der Waals surface area contributed by atoms with Crippen LogP contribution in [0.15, 0.2) is 72.8 Å². The number of amides is 2. The lowest BCUT2D eigenvalue weighted by atomic mass is 10.0. The molecular formula is C31H37Cl2N3O4S. The number of halogens is 2. The fraction of sp³-hybridized carbons (Fsp3) is 0.355. The average Bonchev–Trinajstić information content (AvgIpc) is 2.93. The van der Waals surface area contributed by atoms with Crippen LogP contribution >= 0.6 is 23.2 Å². The lowest BCUT2D eigenvalue weighted by Crippen LogP contribution is -2.53. The Morgan fingerprint density at radius 2 is 1.49 bits per heavy atom. The molecule has 2 amide bonds. The second kappa shape index (κ2) is 14.7. The van der Waals surface area contributed by atoms with Crippen molar-refractivity contribution in [3.05, 3.63) is 99.5 Å². The van der Waals surface area contributed by atoms with Crippen LogP contribution in [0.25, 0.3) is 0 Å². The van der Waals surface area contributed by atoms with Gasteiger partial charge in [-0.1, -0.05) is 92.5 Å². The zero-order chi connectivity index (χ0) is 30.2. The van der Waals surface area contributed by atoms with Crippen LogP contribution in [0.5, 0.6) is 0 Å². The van der Waals surface area contributed by atoms with Crippen molar-refractivity contribution in [3.63, 3.8) is 0 Å². The maximum absolute atomic E-state index is 14.2. The molecule has 3 aromatic rings. The normalized spacial score (nSPS) is 12.2. The zero-order valence-electron chi connectivity index (χ0n) is 23.8. The largest absolute Gasteiger partial charge is 0.354 e. The first-order chi connectivity index (χ1) is 19.4. The Hall–Kier alpha value is -3.07. The maximum Gasteiger partial charge on any atom is 0.244 e. The van der Waals surface area contributed by atoms with Gasteiger partial charge in [-0.25, -0.2) is 8.42 Å². The molecule has 0 aliphatic rings. The fourth-order valence-corrected chi connectivity index (χ4v) is 5.71. The first-order valence-electron chi connectivity index (χ1n) is 13.5. The van der Waals surface area contributed by atoms with E-state index >= 15 is 0 Å². The van der Waals surface area contributed by atoms with Crippen LogP contribution in [0.4, 0.5) is 5.69 Å². The van der Waals surface area contributed by atoms with Gasteiger partial charge in [0.15, 0.2) is 0 Å². The number of sulfonamides is 1. The summed E-state index contributed by atoms with van der Waals surface area (Å²) in [4.78, 5) is 29.2. The first-order valence-corrected chi connectivity index (χ1v) is 16.1. The van der Waals surface area contributed by atoms with E-state index in [-0.39, 0.29) is 24.8 Å². The highest BCUT2D eigenvalue weighted by molar-refractivity contribution is 7.92. The van der Waals surface area contributed by atoms with E-state index in [4.69, 9.17) is 23.2 Å². The third kappa shape index (κ3) is 9.21. The van der Waals surface area contributed by atoms with Crippen molar-refractivity contribution < 1.29 is 18.0 Å². The standard InChI is InChI=1S/C31H37Cl2N3O4S/c1-5-23-14-16-25(17-15-23)36(41(4,39)40)21-30(37)35(20-26-27(32)12-9-13-28(26)33)29(31(38)34-19-22(2)3)18-24-10-7-6-8-11-24/h6-17,22,29H,5,18-21H2,1-4H3,(H,34,38). The lowest BCUT2D eigenvalue weighted by Gasteiger charge is -2.34. The van der Waals surface area contributed by atoms with Gasteiger partial charge in [-0.2, -0.15) is 0 Å². The Kier molecular flexibility index (Phi) is 11.6. The van der Waals surface area contributed by atoms with Gasteiger partial charge in [-0.05, 0) is 47.7 Å². The second-order valence-corrected chi connectivity index (χ2v) is 13.1. The molecule has 0 saturated carbocycles. The van der Waals surface area contributed by atoms with Crippen molar-refractivity contribution in [1.82, 2.24) is 10.2 Å². The summed E-state index contributed by atoms with van der Waals surface area (Å²) in [6.45, 7) is 5.78. The van der Waals surface area contributed by atoms with E-state index in [2.05, 4.69) is 5.32 Å². The number of nitrogens with one attached hydrogen (secondary N) is 1. The number of carbonyl (C=O) groups excluding carboxylic acids is 2. The van der Waals surface area contributed by atoms with Crippen LogP contribution in [0.3, 0.4) is 0 Å². The van der Waals surface area contributed by atoms with Crippen LogP contribution in [0, 0.1) is 5.92 Å². The fourth-order valence-electron chi connectivity index (χ4n) is 4.34. The number of anilines is 1. The first kappa shape index (κ1) is 32.4. The molecule has 0 spiro atoms. The van der Waals surface area contributed by atoms with E-state index < -0.39 is 28.5 Å². The molecule has 10 heteroatoms. The molecule has 0 bridgehead atoms. The van der Waals surface area contributed by atoms with Crippen molar-refractivity contribution in [2.24, 2.45) is 5.92 Å². The number of benzene rings is 3. The van der Waals surface area contributed by atoms with Crippen LogP contribution in [0.1, 0.15) is 37.5 Å². The Morgan fingerprint density at radius 3 is 2.02 bits per heavy atom. The molecule has 0 fully saturated rings. The summed E-state index contributed by atoms with van der Waals surface area (Å²) in [7, 11) is -3.85. The van der Waals surface area contributed by atoms with E-state index in [0.717, 1.165) is 28.1 Å². The summed E-state index contributed by atoms with van der Waals surface area (Å²) in [6, 6.07) is 20.4. The van der Waals surface area contributed by atoms with Crippen molar-refractivity contribution in [2.75, 3.05) is 23.7 Å². The molecule has 0 aromatic heterocycles. The maximum atomic E-state index is 14.2. The topological polar surface area (TPSA) is 86.8 Å². The van der Waals surface area contributed by atoms with Crippen LogP contribution in [-0.4, -0.2) is 50.5 Å². The monoisotopic (exact) mass is 617 g/mol. The molecule has 0 heterocycles. The van der Waals surface area contributed by atoms with Gasteiger partial charge in [-0.15, -0.1) is 0 Å². The zero-order valence-corrected chi connectivity index (χ0v) is 26.1. The van der Waals surface area contributed by atoms with Crippen LogP contribution in [0.2, 0.25) is 10.0 Å². The molecule has 7 nitrogen and oxygen atoms in total. The van der Waals surface area contributed by atoms with E-state index in [1.54, 1.807) is 30.3 Å². The average molecular weight is 619 g/mol. The minimum Gasteiger partial charge on any atom is -0.354 e. The van der Waals surface area contributed by atoms with Gasteiger partial charge in [0.25, 0.3) is 0 Å². The highest BCUT2D eigenvalue weighted by Crippen LogP contribution is 2.28. The van der Waals surface area contributed by atoms with Crippen molar-refractivity contribution in [1.29, 1.82) is 0 Å². The molecule has 1 atom stereocenters. The summed E-state index contributed by atoms with van der Waals surface area (Å²) in [5.74, 6) is -0.728. The second-order valence-electron chi connectivity index (χ2n) is 10.4. The molecule has 0 radical (unpaired) electrons. The smallest absolute Gasteiger partial charge is 0.244 e. The summed E-state index contributed by atoms with van der Waals surface area (Å²) < 4.78 is 26.9. The minimum absolute atomic E-state index is 0.0870. The van der Waals surface area contributed by atoms with Crippen LogP contribution < -0.4 is 9.62 Å². The summed E-state index contributed by atoms with van der Waals surface area (Å²) >= 11 is 13.0. The highest BCUT2D eigenvalue weighted by atomic mass is 35.5.